The highest BCUT2D eigenvalue weighted by Gasteiger charge is 2.22. The van der Waals surface area contributed by atoms with Crippen LogP contribution < -0.4 is 15.5 Å². The molecule has 1 aliphatic heterocycles. The van der Waals surface area contributed by atoms with Gasteiger partial charge in [0.2, 0.25) is 5.91 Å². The van der Waals surface area contributed by atoms with Crippen molar-refractivity contribution in [3.05, 3.63) is 41.4 Å². The van der Waals surface area contributed by atoms with Gasteiger partial charge >= 0.3 is 6.03 Å². The molecule has 0 aliphatic carbocycles. The van der Waals surface area contributed by atoms with Gasteiger partial charge in [0.15, 0.2) is 0 Å². The fraction of sp³-hybridized carbons (Fsp3) is 0.267. The fourth-order valence-electron chi connectivity index (χ4n) is 2.30. The Hall–Kier alpha value is -2.41. The molecule has 0 aromatic carbocycles. The summed E-state index contributed by atoms with van der Waals surface area (Å²) >= 11 is 1.47. The van der Waals surface area contributed by atoms with Crippen molar-refractivity contribution in [3.8, 4) is 0 Å². The average Bonchev–Trinajstić information content (AvgIpc) is 3.17. The van der Waals surface area contributed by atoms with E-state index in [1.54, 1.807) is 11.1 Å². The van der Waals surface area contributed by atoms with Gasteiger partial charge in [-0.15, -0.1) is 11.3 Å². The van der Waals surface area contributed by atoms with E-state index in [2.05, 4.69) is 15.6 Å². The number of hydrogen-bond acceptors (Lipinski definition) is 4. The Balaban J connectivity index is 1.58. The van der Waals surface area contributed by atoms with Crippen molar-refractivity contribution in [3.63, 3.8) is 0 Å². The number of pyridine rings is 1. The Bertz CT molecular complexity index is 672. The first-order valence-electron chi connectivity index (χ1n) is 7.06. The minimum absolute atomic E-state index is 0.105. The molecule has 0 bridgehead atoms. The number of carbonyl (C=O) groups is 2. The Morgan fingerprint density at radius 1 is 1.41 bits per heavy atom. The van der Waals surface area contributed by atoms with Gasteiger partial charge < -0.3 is 5.32 Å². The Morgan fingerprint density at radius 3 is 3.05 bits per heavy atom. The Labute approximate surface area is 132 Å². The van der Waals surface area contributed by atoms with Gasteiger partial charge in [-0.25, -0.2) is 9.78 Å². The number of anilines is 2. The van der Waals surface area contributed by atoms with Crippen LogP contribution in [-0.4, -0.2) is 23.5 Å². The van der Waals surface area contributed by atoms with Gasteiger partial charge in [0, 0.05) is 25.7 Å². The van der Waals surface area contributed by atoms with Crippen molar-refractivity contribution in [1.82, 2.24) is 10.3 Å². The molecule has 1 saturated heterocycles. The van der Waals surface area contributed by atoms with Crippen molar-refractivity contribution >= 4 is 34.1 Å². The number of amides is 3. The van der Waals surface area contributed by atoms with Gasteiger partial charge in [-0.2, -0.15) is 0 Å². The molecule has 1 fully saturated rings. The van der Waals surface area contributed by atoms with Crippen LogP contribution in [0.15, 0.2) is 35.8 Å². The smallest absolute Gasteiger partial charge is 0.320 e. The van der Waals surface area contributed by atoms with E-state index >= 15 is 0 Å². The summed E-state index contributed by atoms with van der Waals surface area (Å²) in [7, 11) is 0. The van der Waals surface area contributed by atoms with E-state index in [0.717, 1.165) is 17.0 Å². The van der Waals surface area contributed by atoms with Crippen LogP contribution in [0.2, 0.25) is 0 Å². The van der Waals surface area contributed by atoms with E-state index in [0.29, 0.717) is 25.3 Å². The molecular weight excluding hydrogens is 300 g/mol. The van der Waals surface area contributed by atoms with Crippen LogP contribution in [0.1, 0.15) is 18.4 Å². The SMILES string of the molecule is O=C(NCc1ccnc(N2CCCC2=O)c1)Nc1cccs1. The summed E-state index contributed by atoms with van der Waals surface area (Å²) in [6.07, 6.45) is 3.11. The van der Waals surface area contributed by atoms with Crippen molar-refractivity contribution in [1.29, 1.82) is 0 Å². The predicted molar refractivity (Wildman–Crippen MR) is 86.0 cm³/mol. The minimum Gasteiger partial charge on any atom is -0.334 e. The molecule has 6 nitrogen and oxygen atoms in total. The van der Waals surface area contributed by atoms with Crippen molar-refractivity contribution < 1.29 is 9.59 Å². The molecular formula is C15H16N4O2S. The summed E-state index contributed by atoms with van der Waals surface area (Å²) in [5, 5.41) is 8.25. The largest absolute Gasteiger partial charge is 0.334 e. The van der Waals surface area contributed by atoms with Gasteiger partial charge in [0.05, 0.1) is 5.00 Å². The highest BCUT2D eigenvalue weighted by molar-refractivity contribution is 7.14. The molecule has 0 saturated carbocycles. The minimum atomic E-state index is -0.252. The highest BCUT2D eigenvalue weighted by Crippen LogP contribution is 2.19. The van der Waals surface area contributed by atoms with E-state index in [4.69, 9.17) is 0 Å². The molecule has 22 heavy (non-hydrogen) atoms. The lowest BCUT2D eigenvalue weighted by atomic mass is 10.2. The van der Waals surface area contributed by atoms with Crippen LogP contribution in [0.4, 0.5) is 15.6 Å². The zero-order chi connectivity index (χ0) is 15.4. The van der Waals surface area contributed by atoms with E-state index in [9.17, 15) is 9.59 Å². The van der Waals surface area contributed by atoms with E-state index in [-0.39, 0.29) is 11.9 Å². The molecule has 0 radical (unpaired) electrons. The summed E-state index contributed by atoms with van der Waals surface area (Å²) in [6.45, 7) is 1.09. The second-order valence-corrected chi connectivity index (χ2v) is 5.90. The second-order valence-electron chi connectivity index (χ2n) is 4.96. The van der Waals surface area contributed by atoms with Gasteiger partial charge in [-0.05, 0) is 41.6 Å². The van der Waals surface area contributed by atoms with Crippen molar-refractivity contribution in [2.24, 2.45) is 0 Å². The molecule has 1 aliphatic rings. The van der Waals surface area contributed by atoms with E-state index < -0.39 is 0 Å². The highest BCUT2D eigenvalue weighted by atomic mass is 32.1. The number of hydrogen-bond donors (Lipinski definition) is 2. The normalized spacial score (nSPS) is 14.2. The lowest BCUT2D eigenvalue weighted by Gasteiger charge is -2.15. The maximum absolute atomic E-state index is 11.8. The van der Waals surface area contributed by atoms with Crippen molar-refractivity contribution in [2.45, 2.75) is 19.4 Å². The first-order valence-corrected chi connectivity index (χ1v) is 7.94. The standard InChI is InChI=1S/C15H16N4O2S/c20-14-4-1-7-19(14)12-9-11(5-6-16-12)10-17-15(21)18-13-3-2-8-22-13/h2-3,5-6,8-9H,1,4,7,10H2,(H2,17,18,21). The zero-order valence-corrected chi connectivity index (χ0v) is 12.7. The van der Waals surface area contributed by atoms with Crippen LogP contribution in [0.25, 0.3) is 0 Å². The average molecular weight is 316 g/mol. The predicted octanol–water partition coefficient (Wildman–Crippen LogP) is 2.59. The lowest BCUT2D eigenvalue weighted by Crippen LogP contribution is -2.28. The van der Waals surface area contributed by atoms with Crippen LogP contribution in [0.5, 0.6) is 0 Å². The Morgan fingerprint density at radius 2 is 2.32 bits per heavy atom. The third-order valence-corrected chi connectivity index (χ3v) is 4.16. The molecule has 0 atom stereocenters. The number of urea groups is 1. The summed E-state index contributed by atoms with van der Waals surface area (Å²) < 4.78 is 0. The monoisotopic (exact) mass is 316 g/mol. The van der Waals surface area contributed by atoms with Gasteiger partial charge in [-0.1, -0.05) is 0 Å². The maximum Gasteiger partial charge on any atom is 0.320 e. The molecule has 2 aromatic heterocycles. The number of carbonyl (C=O) groups excluding carboxylic acids is 2. The molecule has 7 heteroatoms. The molecule has 3 heterocycles. The van der Waals surface area contributed by atoms with Gasteiger partial charge in [0.25, 0.3) is 0 Å². The molecule has 114 valence electrons. The summed E-state index contributed by atoms with van der Waals surface area (Å²) in [6, 6.07) is 7.14. The molecule has 2 N–H and O–H groups in total. The van der Waals surface area contributed by atoms with E-state index in [1.807, 2.05) is 29.6 Å². The molecule has 0 spiro atoms. The third-order valence-electron chi connectivity index (χ3n) is 3.37. The van der Waals surface area contributed by atoms with E-state index in [1.165, 1.54) is 11.3 Å². The van der Waals surface area contributed by atoms with Crippen LogP contribution >= 0.6 is 11.3 Å². The second kappa shape index (κ2) is 6.57. The first kappa shape index (κ1) is 14.5. The molecule has 2 aromatic rings. The third kappa shape index (κ3) is 3.43. The number of nitrogens with zero attached hydrogens (tertiary/aromatic N) is 2. The van der Waals surface area contributed by atoms with Crippen LogP contribution in [-0.2, 0) is 11.3 Å². The topological polar surface area (TPSA) is 74.3 Å². The zero-order valence-electron chi connectivity index (χ0n) is 11.9. The fourth-order valence-corrected chi connectivity index (χ4v) is 2.91. The number of rotatable bonds is 4. The number of thiophene rings is 1. The number of aromatic nitrogens is 1. The summed E-state index contributed by atoms with van der Waals surface area (Å²) in [5.41, 5.74) is 0.908. The van der Waals surface area contributed by atoms with Crippen molar-refractivity contribution in [2.75, 3.05) is 16.8 Å². The number of nitrogens with one attached hydrogen (secondary N) is 2. The van der Waals surface area contributed by atoms with Crippen LogP contribution in [0, 0.1) is 0 Å². The molecule has 3 amide bonds. The quantitative estimate of drug-likeness (QED) is 0.910. The first-order chi connectivity index (χ1) is 10.7. The summed E-state index contributed by atoms with van der Waals surface area (Å²) in [5.74, 6) is 0.758. The summed E-state index contributed by atoms with van der Waals surface area (Å²) in [4.78, 5) is 29.4. The van der Waals surface area contributed by atoms with Gasteiger partial charge in [-0.3, -0.25) is 15.0 Å². The lowest BCUT2D eigenvalue weighted by molar-refractivity contribution is -0.117. The van der Waals surface area contributed by atoms with Crippen LogP contribution in [0.3, 0.4) is 0 Å². The van der Waals surface area contributed by atoms with Gasteiger partial charge in [0.1, 0.15) is 5.82 Å². The maximum atomic E-state index is 11.8. The molecule has 0 unspecified atom stereocenters. The molecule has 3 rings (SSSR count). The Kier molecular flexibility index (Phi) is 4.34.